The average Bonchev–Trinajstić information content (AvgIpc) is 3.30. The monoisotopic (exact) mass is 1380 g/mol. The van der Waals surface area contributed by atoms with Crippen LogP contribution in [0.5, 0.6) is 23.0 Å². The van der Waals surface area contributed by atoms with Crippen molar-refractivity contribution in [3.8, 4) is 23.0 Å². The van der Waals surface area contributed by atoms with E-state index in [1.54, 1.807) is 0 Å². The number of carbonyl (C=O) groups is 2. The minimum Gasteiger partial charge on any atom is -0.870 e. The summed E-state index contributed by atoms with van der Waals surface area (Å²) in [6.07, 6.45) is 8.53. The summed E-state index contributed by atoms with van der Waals surface area (Å²) in [4.78, 5) is 26.2. The van der Waals surface area contributed by atoms with E-state index in [9.17, 15) is 9.59 Å². The topological polar surface area (TPSA) is 101 Å². The van der Waals surface area contributed by atoms with E-state index in [1.807, 2.05) is 73.7 Å². The number of rotatable bonds is 14. The van der Waals surface area contributed by atoms with Gasteiger partial charge in [-0.2, -0.15) is 0 Å². The van der Waals surface area contributed by atoms with Crippen LogP contribution in [-0.2, 0) is 9.47 Å². The van der Waals surface area contributed by atoms with Crippen LogP contribution in [0.3, 0.4) is 0 Å². The quantitative estimate of drug-likeness (QED) is 0.0789. The Hall–Kier alpha value is -3.08. The second-order valence-electron chi connectivity index (χ2n) is 16.9. The molecule has 2 heterocycles. The molecule has 0 spiro atoms. The summed E-state index contributed by atoms with van der Waals surface area (Å²) in [5.41, 5.74) is 10.1. The Morgan fingerprint density at radius 1 is 0.544 bits per heavy atom. The van der Waals surface area contributed by atoms with Crippen LogP contribution in [0.15, 0.2) is 115 Å². The van der Waals surface area contributed by atoms with Crippen molar-refractivity contribution >= 4 is 87.8 Å². The zero-order chi connectivity index (χ0) is 47.1. The number of fused-ring (bicyclic) bond motifs is 4. The van der Waals surface area contributed by atoms with Crippen LogP contribution in [0.2, 0.25) is 0 Å². The predicted molar refractivity (Wildman–Crippen MR) is 282 cm³/mol. The molecule has 0 unspecified atom stereocenters. The predicted octanol–water partition coefficient (Wildman–Crippen LogP) is 15.7. The summed E-state index contributed by atoms with van der Waals surface area (Å²) in [7, 11) is 0. The third-order valence-electron chi connectivity index (χ3n) is 12.0. The number of unbranched alkanes of at least 4 members (excludes halogenated alkanes) is 6. The largest absolute Gasteiger partial charge is 0.870 e. The molecule has 1 N–H and O–H groups in total. The number of carbonyl (C=O) groups excluding carboxylic acids is 2. The summed E-state index contributed by atoms with van der Waals surface area (Å²) < 4.78 is 27.9. The molecule has 0 aliphatic carbocycles. The standard InChI is InChI=1S/C28H28Br2O3.C28H26Br2O3.Ac.H2O/c2*1-4-5-6-9-12-32-28(31)20-11-8-7-10-19(20)27-21-15-23(29)17(2)13-25(21)33-26-14-18(3)24(30)16-22(26)27;;/h7-8,10-11,13-16,27H,4-6,9,12H2,1-3H3;7-8,10-11,13-16H,2,4-6,9,12H2,1,3H3;;1H2/p-1. The summed E-state index contributed by atoms with van der Waals surface area (Å²) in [5.74, 6) is 2.38. The molecule has 2 aliphatic rings. The van der Waals surface area contributed by atoms with E-state index in [0.29, 0.717) is 24.3 Å². The first-order valence-electron chi connectivity index (χ1n) is 22.6. The first-order valence-corrected chi connectivity index (χ1v) is 25.8. The molecule has 0 atom stereocenters. The van der Waals surface area contributed by atoms with Gasteiger partial charge in [0.25, 0.3) is 0 Å². The number of hydrogen-bond acceptors (Lipinski definition) is 7. The van der Waals surface area contributed by atoms with Crippen LogP contribution in [0.1, 0.15) is 136 Å². The van der Waals surface area contributed by atoms with Crippen molar-refractivity contribution in [1.29, 1.82) is 0 Å². The molecule has 353 valence electrons. The van der Waals surface area contributed by atoms with Gasteiger partial charge in [-0.25, -0.2) is 9.59 Å². The third-order valence-corrected chi connectivity index (χ3v) is 15.3. The van der Waals surface area contributed by atoms with Crippen molar-refractivity contribution in [2.45, 2.75) is 91.9 Å². The van der Waals surface area contributed by atoms with E-state index in [2.05, 4.69) is 128 Å². The Balaban J connectivity index is 0.000000247. The molecular weight excluding hydrogens is 1330 g/mol. The zero-order valence-electron chi connectivity index (χ0n) is 39.1. The minimum absolute atomic E-state index is 0. The van der Waals surface area contributed by atoms with Gasteiger partial charge in [-0.15, -0.1) is 0 Å². The van der Waals surface area contributed by atoms with E-state index in [-0.39, 0.29) is 67.4 Å². The SMILES string of the molecule is C=c1cc2c(cc1Br)=C(c1ccccc1C(=O)OCCCCCC)c1cc(Br)c(C)cc1O2.CCCCCCOC(=O)c1ccccc1C1c2cc(Br)c(C)cc2Oc2cc(C)c(Br)cc21.[Ac].[OH-]. The summed E-state index contributed by atoms with van der Waals surface area (Å²) in [5, 5.41) is 1.74. The number of benzene rings is 6. The zero-order valence-corrected chi connectivity index (χ0v) is 50.2. The van der Waals surface area contributed by atoms with Gasteiger partial charge in [-0.3, -0.25) is 0 Å². The molecule has 6 aromatic rings. The van der Waals surface area contributed by atoms with Gasteiger partial charge >= 0.3 is 11.9 Å². The van der Waals surface area contributed by atoms with Crippen LogP contribution in [-0.4, -0.2) is 30.6 Å². The van der Waals surface area contributed by atoms with E-state index in [1.165, 1.54) is 0 Å². The molecule has 0 aromatic heterocycles. The van der Waals surface area contributed by atoms with Gasteiger partial charge in [0.15, 0.2) is 0 Å². The number of hydrogen-bond donors (Lipinski definition) is 0. The molecule has 0 bridgehead atoms. The molecule has 6 aromatic carbocycles. The van der Waals surface area contributed by atoms with E-state index < -0.39 is 0 Å². The van der Waals surface area contributed by atoms with Crippen LogP contribution >= 0.6 is 63.7 Å². The van der Waals surface area contributed by atoms with Crippen molar-refractivity contribution in [3.05, 3.63) is 181 Å². The van der Waals surface area contributed by atoms with Gasteiger partial charge in [0.2, 0.25) is 0 Å². The fourth-order valence-corrected chi connectivity index (χ4v) is 9.72. The van der Waals surface area contributed by atoms with Gasteiger partial charge in [-0.05, 0) is 127 Å². The molecule has 0 saturated heterocycles. The Labute approximate surface area is 469 Å². The second-order valence-corrected chi connectivity index (χ2v) is 20.3. The second kappa shape index (κ2) is 25.9. The van der Waals surface area contributed by atoms with Gasteiger partial charge < -0.3 is 24.4 Å². The molecule has 8 rings (SSSR count). The van der Waals surface area contributed by atoms with Crippen molar-refractivity contribution in [3.63, 3.8) is 0 Å². The molecule has 12 heteroatoms. The van der Waals surface area contributed by atoms with Gasteiger partial charge in [0.05, 0.1) is 24.3 Å². The van der Waals surface area contributed by atoms with Crippen LogP contribution in [0.25, 0.3) is 12.2 Å². The summed E-state index contributed by atoms with van der Waals surface area (Å²) in [6.45, 7) is 15.4. The summed E-state index contributed by atoms with van der Waals surface area (Å²) in [6, 6.07) is 31.7. The van der Waals surface area contributed by atoms with Crippen LogP contribution < -0.4 is 19.9 Å². The van der Waals surface area contributed by atoms with Crippen molar-refractivity contribution in [2.24, 2.45) is 0 Å². The molecule has 1 radical (unpaired) electrons. The van der Waals surface area contributed by atoms with Crippen molar-refractivity contribution in [1.82, 2.24) is 0 Å². The smallest absolute Gasteiger partial charge is 0.338 e. The maximum Gasteiger partial charge on any atom is 0.338 e. The van der Waals surface area contributed by atoms with Gasteiger partial charge in [-0.1, -0.05) is 159 Å². The van der Waals surface area contributed by atoms with Crippen molar-refractivity contribution in [2.75, 3.05) is 13.2 Å². The molecular formula is C56H55AcBr4O7-. The molecule has 7 nitrogen and oxygen atoms in total. The Bertz CT molecular complexity index is 2860. The Morgan fingerprint density at radius 2 is 1.03 bits per heavy atom. The molecule has 0 fully saturated rings. The Morgan fingerprint density at radius 3 is 1.60 bits per heavy atom. The van der Waals surface area contributed by atoms with Crippen molar-refractivity contribution < 1.29 is 78.1 Å². The number of esters is 2. The first kappa shape index (κ1) is 55.8. The van der Waals surface area contributed by atoms with E-state index in [4.69, 9.17) is 18.9 Å². The summed E-state index contributed by atoms with van der Waals surface area (Å²) >= 11 is 14.6. The fourth-order valence-electron chi connectivity index (χ4n) is 8.31. The van der Waals surface area contributed by atoms with Gasteiger partial charge in [0, 0.05) is 95.4 Å². The van der Waals surface area contributed by atoms with Gasteiger partial charge in [0.1, 0.15) is 23.0 Å². The first-order chi connectivity index (χ1) is 31.8. The molecule has 2 aliphatic heterocycles. The Kier molecular flexibility index (Phi) is 21.2. The number of halogens is 4. The number of ether oxygens (including phenoxy) is 4. The fraction of sp³-hybridized carbons (Fsp3) is 0.286. The maximum atomic E-state index is 13.1. The van der Waals surface area contributed by atoms with E-state index >= 15 is 0 Å². The van der Waals surface area contributed by atoms with Crippen LogP contribution in [0, 0.1) is 64.8 Å². The maximum absolute atomic E-state index is 13.1. The molecule has 0 saturated carbocycles. The molecule has 68 heavy (non-hydrogen) atoms. The third kappa shape index (κ3) is 12.9. The number of aryl methyl sites for hydroxylation is 3. The molecule has 0 amide bonds. The average molecular weight is 1390 g/mol. The van der Waals surface area contributed by atoms with E-state index in [0.717, 1.165) is 153 Å². The normalized spacial score (nSPS) is 12.0. The van der Waals surface area contributed by atoms with Crippen LogP contribution in [0.4, 0.5) is 0 Å². The minimum atomic E-state index is -0.303.